The topological polar surface area (TPSA) is 55.8 Å². The number of hydrogen-bond donors (Lipinski definition) is 0. The normalized spacial score (nSPS) is 15.3. The summed E-state index contributed by atoms with van der Waals surface area (Å²) >= 11 is 0. The van der Waals surface area contributed by atoms with Gasteiger partial charge in [-0.2, -0.15) is 0 Å². The van der Waals surface area contributed by atoms with E-state index in [9.17, 15) is 9.59 Å². The third kappa shape index (κ3) is 2.59. The first-order valence-corrected chi connectivity index (χ1v) is 4.38. The van der Waals surface area contributed by atoms with Gasteiger partial charge in [0, 0.05) is 25.9 Å². The van der Waals surface area contributed by atoms with Crippen molar-refractivity contribution in [2.75, 3.05) is 21.3 Å². The molecule has 0 spiro atoms. The summed E-state index contributed by atoms with van der Waals surface area (Å²) in [6, 6.07) is 0. The summed E-state index contributed by atoms with van der Waals surface area (Å²) in [5.41, 5.74) is 0.866. The first-order valence-electron chi connectivity index (χ1n) is 4.38. The van der Waals surface area contributed by atoms with E-state index in [1.54, 1.807) is 24.3 Å². The number of carbonyl (C=O) groups excluding carboxylic acids is 2. The van der Waals surface area contributed by atoms with Crippen molar-refractivity contribution in [2.24, 2.45) is 0 Å². The van der Waals surface area contributed by atoms with E-state index in [0.29, 0.717) is 11.1 Å². The highest BCUT2D eigenvalue weighted by Crippen LogP contribution is 2.19. The summed E-state index contributed by atoms with van der Waals surface area (Å²) in [4.78, 5) is 24.2. The van der Waals surface area contributed by atoms with Gasteiger partial charge in [0.05, 0.1) is 25.4 Å². The van der Waals surface area contributed by atoms with Crippen LogP contribution in [0.2, 0.25) is 0 Å². The molecular weight excluding hydrogens is 198 g/mol. The molecule has 82 valence electrons. The second-order valence-electron chi connectivity index (χ2n) is 3.13. The van der Waals surface area contributed by atoms with Crippen LogP contribution in [0.1, 0.15) is 6.42 Å². The summed E-state index contributed by atoms with van der Waals surface area (Å²) in [5, 5.41) is 0. The van der Waals surface area contributed by atoms with E-state index in [0.717, 1.165) is 0 Å². The quantitative estimate of drug-likeness (QED) is 0.620. The van der Waals surface area contributed by atoms with Crippen LogP contribution in [-0.4, -0.2) is 38.1 Å². The number of carbonyl (C=O) groups is 2. The van der Waals surface area contributed by atoms with Crippen molar-refractivity contribution in [1.29, 1.82) is 0 Å². The Morgan fingerprint density at radius 1 is 1.13 bits per heavy atom. The predicted octanol–water partition coefficient (Wildman–Crippen LogP) is 0.436. The average molecular weight is 211 g/mol. The smallest absolute Gasteiger partial charge is 0.335 e. The maximum absolute atomic E-state index is 11.3. The Balaban J connectivity index is 2.83. The Kier molecular flexibility index (Phi) is 3.49. The number of hydrogen-bond acceptors (Lipinski definition) is 5. The largest absolute Gasteiger partial charge is 0.466 e. The number of ether oxygens (including phenoxy) is 2. The van der Waals surface area contributed by atoms with Crippen LogP contribution in [0.25, 0.3) is 0 Å². The van der Waals surface area contributed by atoms with Crippen LogP contribution in [0.3, 0.4) is 0 Å². The van der Waals surface area contributed by atoms with Crippen molar-refractivity contribution >= 4 is 11.9 Å². The standard InChI is InChI=1S/C10H13NO4/c1-11-5-7(9(12)14-2)4-8(6-11)10(13)15-3/h5-6H,4H2,1-3H3. The molecule has 0 aromatic carbocycles. The Hall–Kier alpha value is -1.78. The van der Waals surface area contributed by atoms with Gasteiger partial charge in [0.2, 0.25) is 0 Å². The molecule has 0 bridgehead atoms. The van der Waals surface area contributed by atoms with E-state index >= 15 is 0 Å². The van der Waals surface area contributed by atoms with Crippen LogP contribution in [0, 0.1) is 0 Å². The van der Waals surface area contributed by atoms with Gasteiger partial charge in [-0.15, -0.1) is 0 Å². The molecule has 0 unspecified atom stereocenters. The van der Waals surface area contributed by atoms with Gasteiger partial charge in [-0.05, 0) is 0 Å². The Labute approximate surface area is 87.9 Å². The summed E-state index contributed by atoms with van der Waals surface area (Å²) in [6.45, 7) is 0. The van der Waals surface area contributed by atoms with Gasteiger partial charge < -0.3 is 14.4 Å². The van der Waals surface area contributed by atoms with E-state index in [-0.39, 0.29) is 6.42 Å². The molecule has 5 nitrogen and oxygen atoms in total. The van der Waals surface area contributed by atoms with E-state index in [1.807, 2.05) is 0 Å². The minimum atomic E-state index is -0.434. The van der Waals surface area contributed by atoms with E-state index in [2.05, 4.69) is 9.47 Å². The molecule has 0 N–H and O–H groups in total. The summed E-state index contributed by atoms with van der Waals surface area (Å²) < 4.78 is 9.17. The lowest BCUT2D eigenvalue weighted by Crippen LogP contribution is -2.20. The SMILES string of the molecule is COC(=O)C1=CN(C)C=C(C(=O)OC)C1. The van der Waals surface area contributed by atoms with Gasteiger partial charge in [-0.1, -0.05) is 0 Å². The third-order valence-corrected chi connectivity index (χ3v) is 2.00. The van der Waals surface area contributed by atoms with Crippen molar-refractivity contribution in [3.05, 3.63) is 23.5 Å². The molecule has 0 fully saturated rings. The monoisotopic (exact) mass is 211 g/mol. The second kappa shape index (κ2) is 4.63. The molecular formula is C10H13NO4. The molecule has 0 radical (unpaired) electrons. The summed E-state index contributed by atoms with van der Waals surface area (Å²) in [5.74, 6) is -0.868. The zero-order valence-electron chi connectivity index (χ0n) is 8.94. The zero-order chi connectivity index (χ0) is 11.4. The van der Waals surface area contributed by atoms with E-state index in [1.165, 1.54) is 14.2 Å². The summed E-state index contributed by atoms with van der Waals surface area (Å²) in [7, 11) is 4.34. The second-order valence-corrected chi connectivity index (χ2v) is 3.13. The number of methoxy groups -OCH3 is 2. The molecule has 0 aliphatic carbocycles. The average Bonchev–Trinajstić information content (AvgIpc) is 2.26. The molecule has 1 aliphatic heterocycles. The van der Waals surface area contributed by atoms with Gasteiger partial charge in [0.1, 0.15) is 0 Å². The lowest BCUT2D eigenvalue weighted by atomic mass is 10.0. The third-order valence-electron chi connectivity index (χ3n) is 2.00. The van der Waals surface area contributed by atoms with Crippen LogP contribution in [0.5, 0.6) is 0 Å². The number of nitrogens with zero attached hydrogens (tertiary/aromatic N) is 1. The fourth-order valence-electron chi connectivity index (χ4n) is 1.34. The van der Waals surface area contributed by atoms with Gasteiger partial charge in [0.15, 0.2) is 0 Å². The Morgan fingerprint density at radius 3 is 1.87 bits per heavy atom. The van der Waals surface area contributed by atoms with E-state index < -0.39 is 11.9 Å². The van der Waals surface area contributed by atoms with Crippen LogP contribution in [0.15, 0.2) is 23.5 Å². The van der Waals surface area contributed by atoms with Crippen molar-refractivity contribution in [2.45, 2.75) is 6.42 Å². The zero-order valence-corrected chi connectivity index (χ0v) is 8.94. The van der Waals surface area contributed by atoms with Gasteiger partial charge in [-0.3, -0.25) is 0 Å². The molecule has 0 saturated carbocycles. The van der Waals surface area contributed by atoms with Crippen LogP contribution in [0.4, 0.5) is 0 Å². The maximum atomic E-state index is 11.3. The minimum absolute atomic E-state index is 0.240. The van der Waals surface area contributed by atoms with Crippen molar-refractivity contribution < 1.29 is 19.1 Å². The first-order chi connectivity index (χ1) is 7.08. The van der Waals surface area contributed by atoms with Crippen LogP contribution >= 0.6 is 0 Å². The molecule has 1 rings (SSSR count). The molecule has 0 aromatic heterocycles. The van der Waals surface area contributed by atoms with Crippen molar-refractivity contribution in [3.63, 3.8) is 0 Å². The van der Waals surface area contributed by atoms with Crippen molar-refractivity contribution in [1.82, 2.24) is 4.90 Å². The highest BCUT2D eigenvalue weighted by Gasteiger charge is 2.21. The fraction of sp³-hybridized carbons (Fsp3) is 0.400. The lowest BCUT2D eigenvalue weighted by Gasteiger charge is -2.19. The Bertz CT molecular complexity index is 311. The van der Waals surface area contributed by atoms with Crippen LogP contribution < -0.4 is 0 Å². The van der Waals surface area contributed by atoms with Gasteiger partial charge >= 0.3 is 11.9 Å². The maximum Gasteiger partial charge on any atom is 0.335 e. The molecule has 5 heteroatoms. The molecule has 0 saturated heterocycles. The fourth-order valence-corrected chi connectivity index (χ4v) is 1.34. The van der Waals surface area contributed by atoms with Gasteiger partial charge in [0.25, 0.3) is 0 Å². The van der Waals surface area contributed by atoms with E-state index in [4.69, 9.17) is 0 Å². The molecule has 1 aliphatic rings. The molecule has 0 aromatic rings. The van der Waals surface area contributed by atoms with Crippen molar-refractivity contribution in [3.8, 4) is 0 Å². The summed E-state index contributed by atoms with van der Waals surface area (Å²) in [6.07, 6.45) is 3.49. The first kappa shape index (κ1) is 11.3. The number of esters is 2. The molecule has 15 heavy (non-hydrogen) atoms. The van der Waals surface area contributed by atoms with Gasteiger partial charge in [-0.25, -0.2) is 9.59 Å². The lowest BCUT2D eigenvalue weighted by molar-refractivity contribution is -0.136. The number of rotatable bonds is 2. The molecule has 0 atom stereocenters. The minimum Gasteiger partial charge on any atom is -0.466 e. The highest BCUT2D eigenvalue weighted by atomic mass is 16.5. The molecule has 0 amide bonds. The predicted molar refractivity (Wildman–Crippen MR) is 52.6 cm³/mol. The molecule has 1 heterocycles. The Morgan fingerprint density at radius 2 is 1.53 bits per heavy atom. The highest BCUT2D eigenvalue weighted by molar-refractivity contribution is 5.95. The van der Waals surface area contributed by atoms with Crippen LogP contribution in [-0.2, 0) is 19.1 Å².